The van der Waals surface area contributed by atoms with Crippen molar-refractivity contribution >= 4 is 85.1 Å². The van der Waals surface area contributed by atoms with E-state index in [1.807, 2.05) is 0 Å². The van der Waals surface area contributed by atoms with Crippen LogP contribution >= 0.6 is 37.9 Å². The lowest BCUT2D eigenvalue weighted by Gasteiger charge is -2.42. The van der Waals surface area contributed by atoms with Crippen LogP contribution in [0, 0.1) is 5.92 Å². The molecule has 0 radical (unpaired) electrons. The highest BCUT2D eigenvalue weighted by Crippen LogP contribution is 2.60. The van der Waals surface area contributed by atoms with Gasteiger partial charge in [0.05, 0.1) is 98.1 Å². The van der Waals surface area contributed by atoms with E-state index in [0.29, 0.717) is 6.42 Å². The van der Waals surface area contributed by atoms with E-state index in [9.17, 15) is 93.4 Å². The highest BCUT2D eigenvalue weighted by atomic mass is 32.7. The largest absolute Gasteiger partial charge is 0.394 e. The summed E-state index contributed by atoms with van der Waals surface area (Å²) in [6.07, 6.45) is -19.5. The molecule has 1 saturated carbocycles. The summed E-state index contributed by atoms with van der Waals surface area (Å²) in [6.45, 7) is -2.41. The molecule has 0 bridgehead atoms. The SMILES string of the molecule is C=C(C)P(=O)(S)OCC1OCC[C@@H]1OP(=O)(S)O[C@H]1CC[C@@H](C(=O)N[C@@H](CCC(=O)N[C@@H](CCC(=O)NCCOCCOC2OC(CO)C(O)C(O)C2NC(C)=O)C(=O)NCCOCCOC2OC(CO)C(O)C(O)C2NC(C)=O)C(=O)NCCOCCOC2OC(CO)C(O)C(O)C2NC(C)=O)CC1. The van der Waals surface area contributed by atoms with Crippen LogP contribution in [-0.2, 0) is 108 Å². The van der Waals surface area contributed by atoms with Gasteiger partial charge < -0.3 is 140 Å². The molecule has 5 fully saturated rings. The van der Waals surface area contributed by atoms with Crippen LogP contribution in [0.2, 0.25) is 0 Å². The third-order valence-corrected chi connectivity index (χ3v) is 21.7. The van der Waals surface area contributed by atoms with Gasteiger partial charge in [-0.1, -0.05) is 31.1 Å². The Morgan fingerprint density at radius 1 is 0.505 bits per heavy atom. The second-order valence-corrected chi connectivity index (χ2v) is 31.9. The van der Waals surface area contributed by atoms with Crippen LogP contribution in [0.3, 0.4) is 0 Å². The highest BCUT2D eigenvalue weighted by molar-refractivity contribution is 8.47. The van der Waals surface area contributed by atoms with Crippen LogP contribution in [0.25, 0.3) is 0 Å². The third-order valence-electron chi connectivity index (χ3n) is 17.2. The van der Waals surface area contributed by atoms with Crippen LogP contribution in [-0.4, -0.2) is 328 Å². The van der Waals surface area contributed by atoms with Gasteiger partial charge in [0.25, 0.3) is 6.57 Å². The molecule has 0 aromatic heterocycles. The molecule has 1 aliphatic carbocycles. The number of carbonyl (C=O) groups is 8. The number of thiol groups is 2. The molecular weight excluding hydrogens is 1480 g/mol. The molecule has 21 atom stereocenters. The third kappa shape index (κ3) is 30.9. The molecule has 4 heterocycles. The molecule has 0 spiro atoms. The van der Waals surface area contributed by atoms with Gasteiger partial charge in [-0.15, -0.1) is 0 Å². The van der Waals surface area contributed by atoms with Crippen molar-refractivity contribution < 1.29 is 154 Å². The van der Waals surface area contributed by atoms with Gasteiger partial charge in [0.2, 0.25) is 47.3 Å². The maximum Gasteiger partial charge on any atom is 0.386 e. The van der Waals surface area contributed by atoms with Gasteiger partial charge in [-0.2, -0.15) is 0 Å². The van der Waals surface area contributed by atoms with E-state index in [2.05, 4.69) is 73.6 Å². The normalized spacial score (nSPS) is 30.8. The average Bonchev–Trinajstić information content (AvgIpc) is 1.33. The minimum Gasteiger partial charge on any atom is -0.394 e. The second kappa shape index (κ2) is 46.4. The lowest BCUT2D eigenvalue weighted by molar-refractivity contribution is -0.272. The van der Waals surface area contributed by atoms with Crippen molar-refractivity contribution in [2.75, 3.05) is 112 Å². The number of allylic oxidation sites excluding steroid dienone is 1. The molecule has 105 heavy (non-hydrogen) atoms. The van der Waals surface area contributed by atoms with Crippen LogP contribution in [0.15, 0.2) is 11.9 Å². The van der Waals surface area contributed by atoms with E-state index in [0.717, 1.165) is 0 Å². The molecule has 17 N–H and O–H groups in total. The quantitative estimate of drug-likeness (QED) is 0.0153. The summed E-state index contributed by atoms with van der Waals surface area (Å²) < 4.78 is 99.3. The Morgan fingerprint density at radius 3 is 1.30 bits per heavy atom. The standard InChI is InChI=1S/C61H106N8O32P2S2/c1-32(2)102(87,104)96-31-44-40(14-18-92-44)101-103(88,105)100-37-8-6-36(7-9-37)56(84)69-39(58(86)64-17-21-91-24-27-95-61-49(67-35(5)75)55(83)52(80)43(30-72)99-61)11-13-46(77)68-38(57(85)63-16-20-90-23-26-94-60-48(66-34(4)74)54(82)51(79)42(29-71)98-60)10-12-45(76)62-15-19-89-22-25-93-59-47(65-33(3)73)53(81)50(78)41(28-70)97-59/h36-44,47-55,59-61,70-72,78-83H,1,6-31H2,2-5H3,(H,62,76)(H,63,85)(H,64,86)(H,65,73)(H,66,74)(H,67,75)(H,68,77)(H,69,84)(H,87,104)(H,88,105)/t36-,37+,38-,39-,40-,41?,42?,43?,44?,47?,48?,49?,50?,51?,52?,53?,54?,55?,59?,60?,61?,102?,103?/m0/s1. The van der Waals surface area contributed by atoms with Crippen molar-refractivity contribution in [3.05, 3.63) is 11.9 Å². The fraction of sp³-hybridized carbons (Fsp3) is 0.836. The number of hydrogen-bond acceptors (Lipinski definition) is 32. The van der Waals surface area contributed by atoms with Gasteiger partial charge in [0.15, 0.2) is 18.9 Å². The molecule has 4 aliphatic heterocycles. The Hall–Kier alpha value is -4.22. The minimum absolute atomic E-state index is 0.0469. The first kappa shape index (κ1) is 91.4. The fourth-order valence-electron chi connectivity index (χ4n) is 11.6. The molecule has 604 valence electrons. The Morgan fingerprint density at radius 2 is 0.905 bits per heavy atom. The predicted molar refractivity (Wildman–Crippen MR) is 368 cm³/mol. The smallest absolute Gasteiger partial charge is 0.386 e. The average molecular weight is 1590 g/mol. The Kier molecular flexibility index (Phi) is 40.4. The first-order valence-corrected chi connectivity index (χ1v) is 39.9. The lowest BCUT2D eigenvalue weighted by atomic mass is 9.86. The Balaban J connectivity index is 1.20. The fourth-order valence-corrected chi connectivity index (χ4v) is 14.3. The summed E-state index contributed by atoms with van der Waals surface area (Å²) in [7, 11) is 0. The lowest BCUT2D eigenvalue weighted by Crippen LogP contribution is -2.64. The van der Waals surface area contributed by atoms with E-state index in [1.54, 1.807) is 0 Å². The topological polar surface area (TPSA) is 569 Å². The van der Waals surface area contributed by atoms with Crippen LogP contribution in [0.5, 0.6) is 0 Å². The molecule has 8 amide bonds. The number of aliphatic hydroxyl groups excluding tert-OH is 9. The van der Waals surface area contributed by atoms with E-state index in [-0.39, 0.29) is 143 Å². The summed E-state index contributed by atoms with van der Waals surface area (Å²) in [4.78, 5) is 105. The summed E-state index contributed by atoms with van der Waals surface area (Å²) in [6, 6.07) is -6.39. The number of ether oxygens (including phenoxy) is 10. The van der Waals surface area contributed by atoms with Crippen LogP contribution in [0.1, 0.15) is 85.5 Å². The molecular formula is C61H106N8O32P2S2. The van der Waals surface area contributed by atoms with Crippen molar-refractivity contribution in [2.24, 2.45) is 5.92 Å². The monoisotopic (exact) mass is 1590 g/mol. The van der Waals surface area contributed by atoms with Gasteiger partial charge in [-0.25, -0.2) is 4.57 Å². The van der Waals surface area contributed by atoms with Gasteiger partial charge in [-0.3, -0.25) is 52.0 Å². The summed E-state index contributed by atoms with van der Waals surface area (Å²) in [5, 5.41) is 112. The molecule has 5 rings (SSSR count). The molecule has 40 nitrogen and oxygen atoms in total. The van der Waals surface area contributed by atoms with E-state index >= 15 is 0 Å². The van der Waals surface area contributed by atoms with E-state index < -0.39 is 215 Å². The number of hydrogen-bond donors (Lipinski definition) is 19. The predicted octanol–water partition coefficient (Wildman–Crippen LogP) is -5.74. The molecule has 4 saturated heterocycles. The molecule has 18 unspecified atom stereocenters. The van der Waals surface area contributed by atoms with Gasteiger partial charge in [-0.05, 0) is 45.4 Å². The summed E-state index contributed by atoms with van der Waals surface area (Å²) in [5.74, 6) is -5.86. The van der Waals surface area contributed by atoms with Gasteiger partial charge >= 0.3 is 6.80 Å². The second-order valence-electron chi connectivity index (χ2n) is 25.4. The summed E-state index contributed by atoms with van der Waals surface area (Å²) >= 11 is 8.27. The molecule has 0 aromatic rings. The van der Waals surface area contributed by atoms with Crippen LogP contribution in [0.4, 0.5) is 0 Å². The molecule has 44 heteroatoms. The Labute approximate surface area is 617 Å². The number of amides is 8. The zero-order valence-corrected chi connectivity index (χ0v) is 62.5. The molecule has 0 aromatic carbocycles. The highest BCUT2D eigenvalue weighted by Gasteiger charge is 2.49. The van der Waals surface area contributed by atoms with Crippen molar-refractivity contribution in [3.8, 4) is 0 Å². The van der Waals surface area contributed by atoms with Gasteiger partial charge in [0, 0.05) is 77.5 Å². The number of carbonyl (C=O) groups excluding carboxylic acids is 8. The van der Waals surface area contributed by atoms with Crippen molar-refractivity contribution in [3.63, 3.8) is 0 Å². The van der Waals surface area contributed by atoms with E-state index in [1.165, 1.54) is 27.7 Å². The number of rotatable bonds is 46. The first-order valence-electron chi connectivity index (χ1n) is 34.4. The maximum absolute atomic E-state index is 14.1. The zero-order valence-electron chi connectivity index (χ0n) is 58.9. The van der Waals surface area contributed by atoms with Crippen LogP contribution < -0.4 is 42.5 Å². The number of aliphatic hydroxyl groups is 9. The van der Waals surface area contributed by atoms with Crippen molar-refractivity contribution in [1.82, 2.24) is 42.5 Å². The molecule has 5 aliphatic rings. The van der Waals surface area contributed by atoms with Crippen molar-refractivity contribution in [2.45, 2.75) is 208 Å². The maximum atomic E-state index is 14.1. The summed E-state index contributed by atoms with van der Waals surface area (Å²) in [5.41, 5.74) is 0. The zero-order chi connectivity index (χ0) is 77.6. The Bertz CT molecular complexity index is 2870. The first-order chi connectivity index (χ1) is 49.8. The minimum atomic E-state index is -4.06. The van der Waals surface area contributed by atoms with Crippen molar-refractivity contribution in [1.29, 1.82) is 0 Å². The number of nitrogens with one attached hydrogen (secondary N) is 8. The van der Waals surface area contributed by atoms with E-state index in [4.69, 9.17) is 60.9 Å². The van der Waals surface area contributed by atoms with Gasteiger partial charge in [0.1, 0.15) is 91.2 Å².